The number of rotatable bonds is 1. The molecule has 0 bridgehead atoms. The number of thiocarbonyl (C=S) groups is 1. The number of nitrogens with one attached hydrogen (secondary N) is 2. The maximum atomic E-state index is 5.19. The van der Waals surface area contributed by atoms with Gasteiger partial charge in [-0.05, 0) is 24.4 Å². The summed E-state index contributed by atoms with van der Waals surface area (Å²) in [5.41, 5.74) is 4.09. The summed E-state index contributed by atoms with van der Waals surface area (Å²) in [5.74, 6) is 5.19. The molecule has 76 valence electrons. The lowest BCUT2D eigenvalue weighted by Gasteiger charge is -2.08. The first-order valence-electron chi connectivity index (χ1n) is 4.42. The van der Waals surface area contributed by atoms with Crippen LogP contribution in [-0.2, 0) is 0 Å². The third kappa shape index (κ3) is 2.03. The van der Waals surface area contributed by atoms with E-state index in [0.29, 0.717) is 5.11 Å². The topological polar surface area (TPSA) is 63.0 Å². The van der Waals surface area contributed by atoms with Crippen LogP contribution in [0.25, 0.3) is 10.9 Å². The van der Waals surface area contributed by atoms with Gasteiger partial charge in [0, 0.05) is 11.6 Å². The number of para-hydroxylation sites is 1. The molecule has 2 rings (SSSR count). The highest BCUT2D eigenvalue weighted by Gasteiger charge is 2.01. The second kappa shape index (κ2) is 4.20. The monoisotopic (exact) mass is 218 g/mol. The molecule has 0 saturated carbocycles. The van der Waals surface area contributed by atoms with Gasteiger partial charge in [0.1, 0.15) is 0 Å². The van der Waals surface area contributed by atoms with Crippen molar-refractivity contribution in [2.75, 3.05) is 5.32 Å². The van der Waals surface area contributed by atoms with E-state index in [1.807, 2.05) is 30.3 Å². The first-order valence-corrected chi connectivity index (χ1v) is 4.83. The Kier molecular flexibility index (Phi) is 2.75. The van der Waals surface area contributed by atoms with Crippen molar-refractivity contribution in [3.8, 4) is 0 Å². The molecule has 5 heteroatoms. The van der Waals surface area contributed by atoms with Gasteiger partial charge in [0.25, 0.3) is 0 Å². The summed E-state index contributed by atoms with van der Waals surface area (Å²) in [6, 6.07) is 9.72. The second-order valence-electron chi connectivity index (χ2n) is 2.98. The lowest BCUT2D eigenvalue weighted by molar-refractivity contribution is 1.04. The van der Waals surface area contributed by atoms with Crippen LogP contribution in [0.1, 0.15) is 0 Å². The maximum absolute atomic E-state index is 5.19. The molecule has 0 fully saturated rings. The molecule has 0 aliphatic carbocycles. The Labute approximate surface area is 92.5 Å². The van der Waals surface area contributed by atoms with Crippen molar-refractivity contribution in [3.05, 3.63) is 36.5 Å². The molecule has 1 aromatic heterocycles. The largest absolute Gasteiger partial charge is 0.330 e. The molecule has 15 heavy (non-hydrogen) atoms. The van der Waals surface area contributed by atoms with E-state index in [4.69, 9.17) is 18.1 Å². The summed E-state index contributed by atoms with van der Waals surface area (Å²) in [6.07, 6.45) is 1.74. The van der Waals surface area contributed by atoms with E-state index in [0.717, 1.165) is 16.6 Å². The standard InChI is InChI=1S/C10H10N4S/c11-14-10(15)13-8-5-1-3-7-4-2-6-12-9(7)8/h1-6H,11H2,(H2,13,14,15). The summed E-state index contributed by atoms with van der Waals surface area (Å²) in [4.78, 5) is 4.28. The van der Waals surface area contributed by atoms with Gasteiger partial charge in [-0.25, -0.2) is 5.84 Å². The smallest absolute Gasteiger partial charge is 0.185 e. The molecule has 4 nitrogen and oxygen atoms in total. The molecule has 0 aliphatic rings. The van der Waals surface area contributed by atoms with Gasteiger partial charge >= 0.3 is 0 Å². The quantitative estimate of drug-likeness (QED) is 0.383. The van der Waals surface area contributed by atoms with Crippen LogP contribution in [0.3, 0.4) is 0 Å². The van der Waals surface area contributed by atoms with Crippen LogP contribution in [0, 0.1) is 0 Å². The third-order valence-electron chi connectivity index (χ3n) is 2.01. The van der Waals surface area contributed by atoms with Gasteiger partial charge in [0.15, 0.2) is 5.11 Å². The van der Waals surface area contributed by atoms with E-state index in [-0.39, 0.29) is 0 Å². The van der Waals surface area contributed by atoms with Crippen molar-refractivity contribution < 1.29 is 0 Å². The van der Waals surface area contributed by atoms with Crippen LogP contribution in [0.5, 0.6) is 0 Å². The van der Waals surface area contributed by atoms with E-state index >= 15 is 0 Å². The lowest BCUT2D eigenvalue weighted by atomic mass is 10.2. The van der Waals surface area contributed by atoms with Crippen LogP contribution in [-0.4, -0.2) is 10.1 Å². The van der Waals surface area contributed by atoms with E-state index in [1.54, 1.807) is 6.20 Å². The minimum Gasteiger partial charge on any atom is -0.330 e. The number of hydrogen-bond donors (Lipinski definition) is 3. The Hall–Kier alpha value is -1.72. The lowest BCUT2D eigenvalue weighted by Crippen LogP contribution is -2.34. The van der Waals surface area contributed by atoms with Gasteiger partial charge in [-0.15, -0.1) is 0 Å². The molecule has 4 N–H and O–H groups in total. The van der Waals surface area contributed by atoms with Crippen LogP contribution in [0.15, 0.2) is 36.5 Å². The first kappa shape index (κ1) is 9.82. The number of pyridine rings is 1. The molecule has 2 aromatic rings. The fourth-order valence-corrected chi connectivity index (χ4v) is 1.47. The predicted octanol–water partition coefficient (Wildman–Crippen LogP) is 1.39. The number of hydrazine groups is 1. The third-order valence-corrected chi connectivity index (χ3v) is 2.23. The molecule has 0 aliphatic heterocycles. The number of aromatic nitrogens is 1. The minimum atomic E-state index is 0.369. The molecule has 1 heterocycles. The number of benzene rings is 1. The first-order chi connectivity index (χ1) is 7.31. The number of nitrogens with two attached hydrogens (primary N) is 1. The Bertz CT molecular complexity index is 492. The second-order valence-corrected chi connectivity index (χ2v) is 3.39. The normalized spacial score (nSPS) is 9.93. The van der Waals surface area contributed by atoms with Gasteiger partial charge in [0.05, 0.1) is 11.2 Å². The SMILES string of the molecule is NNC(=S)Nc1cccc2cccnc12. The molecular weight excluding hydrogens is 208 g/mol. The van der Waals surface area contributed by atoms with Crippen LogP contribution < -0.4 is 16.6 Å². The summed E-state index contributed by atoms with van der Waals surface area (Å²) in [5, 5.41) is 4.39. The maximum Gasteiger partial charge on any atom is 0.185 e. The molecule has 0 spiro atoms. The Morgan fingerprint density at radius 2 is 2.07 bits per heavy atom. The van der Waals surface area contributed by atoms with E-state index in [1.165, 1.54) is 0 Å². The number of anilines is 1. The van der Waals surface area contributed by atoms with Gasteiger partial charge in [0.2, 0.25) is 0 Å². The Balaban J connectivity index is 2.46. The molecule has 0 saturated heterocycles. The minimum absolute atomic E-state index is 0.369. The van der Waals surface area contributed by atoms with Crippen molar-refractivity contribution in [2.24, 2.45) is 5.84 Å². The van der Waals surface area contributed by atoms with E-state index in [9.17, 15) is 0 Å². The molecular formula is C10H10N4S. The van der Waals surface area contributed by atoms with Crippen molar-refractivity contribution >= 4 is 33.9 Å². The zero-order valence-corrected chi connectivity index (χ0v) is 8.71. The molecule has 0 radical (unpaired) electrons. The van der Waals surface area contributed by atoms with Gasteiger partial charge < -0.3 is 10.7 Å². The van der Waals surface area contributed by atoms with Gasteiger partial charge in [-0.3, -0.25) is 4.98 Å². The molecule has 1 aromatic carbocycles. The highest BCUT2D eigenvalue weighted by molar-refractivity contribution is 7.80. The summed E-state index contributed by atoms with van der Waals surface area (Å²) in [6.45, 7) is 0. The Morgan fingerprint density at radius 1 is 1.27 bits per heavy atom. The van der Waals surface area contributed by atoms with Crippen molar-refractivity contribution in [1.29, 1.82) is 0 Å². The van der Waals surface area contributed by atoms with Crippen molar-refractivity contribution in [2.45, 2.75) is 0 Å². The molecule has 0 atom stereocenters. The number of hydrogen-bond acceptors (Lipinski definition) is 3. The fourth-order valence-electron chi connectivity index (χ4n) is 1.36. The van der Waals surface area contributed by atoms with Gasteiger partial charge in [-0.1, -0.05) is 18.2 Å². The number of nitrogens with zero attached hydrogens (tertiary/aromatic N) is 1. The zero-order chi connectivity index (χ0) is 10.7. The van der Waals surface area contributed by atoms with Crippen LogP contribution >= 0.6 is 12.2 Å². The van der Waals surface area contributed by atoms with Crippen molar-refractivity contribution in [3.63, 3.8) is 0 Å². The van der Waals surface area contributed by atoms with Crippen LogP contribution in [0.2, 0.25) is 0 Å². The van der Waals surface area contributed by atoms with E-state index in [2.05, 4.69) is 15.7 Å². The summed E-state index contributed by atoms with van der Waals surface area (Å²) < 4.78 is 0. The predicted molar refractivity (Wildman–Crippen MR) is 65.3 cm³/mol. The average molecular weight is 218 g/mol. The highest BCUT2D eigenvalue weighted by Crippen LogP contribution is 2.20. The molecule has 0 unspecified atom stereocenters. The summed E-state index contributed by atoms with van der Waals surface area (Å²) >= 11 is 4.93. The van der Waals surface area contributed by atoms with Crippen molar-refractivity contribution in [1.82, 2.24) is 10.4 Å². The number of fused-ring (bicyclic) bond motifs is 1. The molecule has 0 amide bonds. The van der Waals surface area contributed by atoms with Gasteiger partial charge in [-0.2, -0.15) is 0 Å². The van der Waals surface area contributed by atoms with E-state index < -0.39 is 0 Å². The Morgan fingerprint density at radius 3 is 2.87 bits per heavy atom. The highest BCUT2D eigenvalue weighted by atomic mass is 32.1. The fraction of sp³-hybridized carbons (Fsp3) is 0. The average Bonchev–Trinajstić information content (AvgIpc) is 2.29. The van der Waals surface area contributed by atoms with Crippen LogP contribution in [0.4, 0.5) is 5.69 Å². The zero-order valence-electron chi connectivity index (χ0n) is 7.90. The summed E-state index contributed by atoms with van der Waals surface area (Å²) in [7, 11) is 0.